The number of rotatable bonds is 3. The quantitative estimate of drug-likeness (QED) is 0.828. The number of β-amino-alcohol motifs (C(OH)–C–C–N with tert-alkyl or cyclic N) is 1. The second-order valence-corrected chi connectivity index (χ2v) is 9.15. The molecule has 1 unspecified atom stereocenters. The molecule has 1 amide bonds. The average Bonchev–Trinajstić information content (AvgIpc) is 3.03. The summed E-state index contributed by atoms with van der Waals surface area (Å²) in [6.45, 7) is 4.97. The van der Waals surface area contributed by atoms with Crippen LogP contribution in [0, 0.1) is 16.7 Å². The maximum Gasteiger partial charge on any atom is 0.337 e. The second kappa shape index (κ2) is 6.33. The Kier molecular flexibility index (Phi) is 4.34. The lowest BCUT2D eigenvalue weighted by atomic mass is 9.67. The van der Waals surface area contributed by atoms with Crippen LogP contribution in [0.4, 0.5) is 5.69 Å². The Morgan fingerprint density at radius 1 is 1.26 bits per heavy atom. The van der Waals surface area contributed by atoms with Gasteiger partial charge in [-0.2, -0.15) is 0 Å². The molecule has 2 bridgehead atoms. The Hall–Kier alpha value is -1.88. The molecule has 1 aromatic rings. The Labute approximate surface area is 160 Å². The summed E-state index contributed by atoms with van der Waals surface area (Å²) in [5.41, 5.74) is 2.39. The van der Waals surface area contributed by atoms with E-state index < -0.39 is 12.1 Å². The summed E-state index contributed by atoms with van der Waals surface area (Å²) in [5.74, 6) is 0.419. The van der Waals surface area contributed by atoms with Crippen LogP contribution in [0.3, 0.4) is 0 Å². The molecule has 2 aliphatic carbocycles. The SMILES string of the molecule is COC(=O)c1ccc2c(c1)CC(O)CN2C(=O)CC12CCC(CC1)C2(C)C. The molecule has 3 aliphatic rings. The van der Waals surface area contributed by atoms with Crippen LogP contribution in [0.2, 0.25) is 0 Å². The number of aliphatic hydroxyl groups is 1. The maximum atomic E-state index is 13.3. The molecule has 1 N–H and O–H groups in total. The minimum absolute atomic E-state index is 0.0866. The standard InChI is InChI=1S/C22H29NO4/c1-21(2)16-6-8-22(21,9-7-16)12-19(25)23-13-17(24)11-15-10-14(20(26)27-3)4-5-18(15)23/h4-5,10,16-17,24H,6-9,11-13H2,1-3H3. The highest BCUT2D eigenvalue weighted by atomic mass is 16.5. The number of ether oxygens (including phenoxy) is 1. The molecule has 2 fully saturated rings. The van der Waals surface area contributed by atoms with Crippen LogP contribution in [0.5, 0.6) is 0 Å². The first kappa shape index (κ1) is 18.5. The number of nitrogens with zero attached hydrogens (tertiary/aromatic N) is 1. The van der Waals surface area contributed by atoms with Gasteiger partial charge in [-0.25, -0.2) is 4.79 Å². The lowest BCUT2D eigenvalue weighted by Crippen LogP contribution is -2.45. The summed E-state index contributed by atoms with van der Waals surface area (Å²) in [4.78, 5) is 26.9. The number of fused-ring (bicyclic) bond motifs is 3. The van der Waals surface area contributed by atoms with Gasteiger partial charge in [0.05, 0.1) is 25.3 Å². The number of anilines is 1. The van der Waals surface area contributed by atoms with Gasteiger partial charge in [-0.15, -0.1) is 0 Å². The highest BCUT2D eigenvalue weighted by molar-refractivity contribution is 5.97. The topological polar surface area (TPSA) is 66.8 Å². The lowest BCUT2D eigenvalue weighted by Gasteiger charge is -2.40. The van der Waals surface area contributed by atoms with Gasteiger partial charge in [-0.1, -0.05) is 13.8 Å². The largest absolute Gasteiger partial charge is 0.465 e. The minimum atomic E-state index is -0.611. The van der Waals surface area contributed by atoms with Crippen LogP contribution in [0.1, 0.15) is 61.9 Å². The highest BCUT2D eigenvalue weighted by Crippen LogP contribution is 2.67. The monoisotopic (exact) mass is 371 g/mol. The first-order chi connectivity index (χ1) is 12.8. The van der Waals surface area contributed by atoms with Gasteiger partial charge in [-0.05, 0) is 66.2 Å². The molecule has 1 heterocycles. The van der Waals surface area contributed by atoms with Crippen molar-refractivity contribution >= 4 is 17.6 Å². The van der Waals surface area contributed by atoms with Gasteiger partial charge in [0.1, 0.15) is 0 Å². The molecule has 0 spiro atoms. The van der Waals surface area contributed by atoms with Gasteiger partial charge in [0.25, 0.3) is 0 Å². The van der Waals surface area contributed by atoms with Crippen LogP contribution >= 0.6 is 0 Å². The molecule has 5 nitrogen and oxygen atoms in total. The average molecular weight is 371 g/mol. The number of esters is 1. The molecule has 1 atom stereocenters. The predicted octanol–water partition coefficient (Wildman–Crippen LogP) is 3.33. The molecular weight excluding hydrogens is 342 g/mol. The Morgan fingerprint density at radius 3 is 2.56 bits per heavy atom. The fraction of sp³-hybridized carbons (Fsp3) is 0.636. The third-order valence-corrected chi connectivity index (χ3v) is 7.76. The number of amides is 1. The van der Waals surface area contributed by atoms with Crippen LogP contribution in [-0.4, -0.2) is 36.7 Å². The third-order valence-electron chi connectivity index (χ3n) is 7.76. The molecule has 4 rings (SSSR count). The van der Waals surface area contributed by atoms with Gasteiger partial charge in [0.15, 0.2) is 0 Å². The molecule has 146 valence electrons. The van der Waals surface area contributed by atoms with Crippen LogP contribution in [0.25, 0.3) is 0 Å². The molecule has 0 radical (unpaired) electrons. The normalized spacial score (nSPS) is 30.9. The smallest absolute Gasteiger partial charge is 0.337 e. The Balaban J connectivity index is 1.61. The van der Waals surface area contributed by atoms with Crippen molar-refractivity contribution in [1.29, 1.82) is 0 Å². The van der Waals surface area contributed by atoms with Gasteiger partial charge < -0.3 is 14.7 Å². The first-order valence-corrected chi connectivity index (χ1v) is 9.97. The predicted molar refractivity (Wildman–Crippen MR) is 103 cm³/mol. The van der Waals surface area contributed by atoms with Crippen molar-refractivity contribution in [2.24, 2.45) is 16.7 Å². The van der Waals surface area contributed by atoms with E-state index in [4.69, 9.17) is 4.74 Å². The van der Waals surface area contributed by atoms with E-state index in [-0.39, 0.29) is 16.7 Å². The van der Waals surface area contributed by atoms with Gasteiger partial charge in [-0.3, -0.25) is 4.79 Å². The van der Waals surface area contributed by atoms with Crippen LogP contribution in [-0.2, 0) is 16.0 Å². The Bertz CT molecular complexity index is 777. The first-order valence-electron chi connectivity index (χ1n) is 9.97. The van der Waals surface area contributed by atoms with E-state index in [1.165, 1.54) is 20.0 Å². The van der Waals surface area contributed by atoms with E-state index in [1.807, 2.05) is 6.07 Å². The summed E-state index contributed by atoms with van der Waals surface area (Å²) in [5, 5.41) is 10.3. The fourth-order valence-corrected chi connectivity index (χ4v) is 5.88. The van der Waals surface area contributed by atoms with E-state index in [0.29, 0.717) is 24.9 Å². The fourth-order valence-electron chi connectivity index (χ4n) is 5.88. The summed E-state index contributed by atoms with van der Waals surface area (Å²) < 4.78 is 4.79. The van der Waals surface area contributed by atoms with Gasteiger partial charge in [0.2, 0.25) is 5.91 Å². The zero-order valence-electron chi connectivity index (χ0n) is 16.5. The van der Waals surface area contributed by atoms with Crippen molar-refractivity contribution in [3.05, 3.63) is 29.3 Å². The van der Waals surface area contributed by atoms with E-state index in [2.05, 4.69) is 13.8 Å². The number of hydrogen-bond donors (Lipinski definition) is 1. The second-order valence-electron chi connectivity index (χ2n) is 9.15. The number of hydrogen-bond acceptors (Lipinski definition) is 4. The third kappa shape index (κ3) is 2.78. The van der Waals surface area contributed by atoms with Crippen molar-refractivity contribution in [2.75, 3.05) is 18.6 Å². The molecule has 2 saturated carbocycles. The summed E-state index contributed by atoms with van der Waals surface area (Å²) in [6.07, 6.45) is 5.08. The summed E-state index contributed by atoms with van der Waals surface area (Å²) in [6, 6.07) is 5.26. The van der Waals surface area contributed by atoms with Gasteiger partial charge in [0, 0.05) is 18.5 Å². The number of methoxy groups -OCH3 is 1. The molecule has 1 aromatic carbocycles. The molecule has 0 aromatic heterocycles. The number of carbonyl (C=O) groups is 2. The number of benzene rings is 1. The van der Waals surface area contributed by atoms with Crippen LogP contribution < -0.4 is 4.90 Å². The van der Waals surface area contributed by atoms with Crippen molar-refractivity contribution in [3.8, 4) is 0 Å². The highest BCUT2D eigenvalue weighted by Gasteiger charge is 2.59. The molecule has 27 heavy (non-hydrogen) atoms. The van der Waals surface area contributed by atoms with Crippen molar-refractivity contribution in [2.45, 2.75) is 58.5 Å². The summed E-state index contributed by atoms with van der Waals surface area (Å²) >= 11 is 0. The maximum absolute atomic E-state index is 13.3. The van der Waals surface area contributed by atoms with Crippen molar-refractivity contribution in [3.63, 3.8) is 0 Å². The van der Waals surface area contributed by atoms with Crippen molar-refractivity contribution < 1.29 is 19.4 Å². The molecule has 1 aliphatic heterocycles. The lowest BCUT2D eigenvalue weighted by molar-refractivity contribution is -0.122. The summed E-state index contributed by atoms with van der Waals surface area (Å²) in [7, 11) is 1.35. The number of aliphatic hydroxyl groups excluding tert-OH is 1. The van der Waals surface area contributed by atoms with E-state index >= 15 is 0 Å². The Morgan fingerprint density at radius 2 is 1.96 bits per heavy atom. The molecule has 5 heteroatoms. The van der Waals surface area contributed by atoms with E-state index in [0.717, 1.165) is 30.0 Å². The van der Waals surface area contributed by atoms with E-state index in [9.17, 15) is 14.7 Å². The molecule has 0 saturated heterocycles. The molecular formula is C22H29NO4. The van der Waals surface area contributed by atoms with E-state index in [1.54, 1.807) is 17.0 Å². The zero-order valence-corrected chi connectivity index (χ0v) is 16.5. The van der Waals surface area contributed by atoms with Gasteiger partial charge >= 0.3 is 5.97 Å². The van der Waals surface area contributed by atoms with Crippen LogP contribution in [0.15, 0.2) is 18.2 Å². The number of carbonyl (C=O) groups excluding carboxylic acids is 2. The minimum Gasteiger partial charge on any atom is -0.465 e. The van der Waals surface area contributed by atoms with Crippen molar-refractivity contribution in [1.82, 2.24) is 0 Å². The zero-order chi connectivity index (χ0) is 19.4.